The van der Waals surface area contributed by atoms with Crippen LogP contribution < -0.4 is 19.7 Å². The minimum atomic E-state index is -3.42. The lowest BCUT2D eigenvalue weighted by Crippen LogP contribution is -2.49. The van der Waals surface area contributed by atoms with Gasteiger partial charge in [-0.2, -0.15) is 0 Å². The molecular formula is C38H50N4O5S. The highest BCUT2D eigenvalue weighted by molar-refractivity contribution is 7.92. The third-order valence-corrected chi connectivity index (χ3v) is 13.4. The Bertz CT molecular complexity index is 1730. The smallest absolute Gasteiger partial charge is 0.327 e. The van der Waals surface area contributed by atoms with Crippen molar-refractivity contribution in [3.8, 4) is 5.75 Å². The van der Waals surface area contributed by atoms with E-state index in [2.05, 4.69) is 63.5 Å². The second kappa shape index (κ2) is 13.2. The van der Waals surface area contributed by atoms with Gasteiger partial charge in [-0.3, -0.25) is 9.52 Å². The fraction of sp³-hybridized carbons (Fsp3) is 0.579. The first kappa shape index (κ1) is 33.1. The van der Waals surface area contributed by atoms with E-state index in [1.54, 1.807) is 13.2 Å². The first-order valence-corrected chi connectivity index (χ1v) is 19.4. The molecule has 3 amide bonds. The Labute approximate surface area is 285 Å². The zero-order chi connectivity index (χ0) is 33.6. The number of hydrogen-bond donors (Lipinski definition) is 2. The molecule has 2 saturated carbocycles. The molecular weight excluding hydrogens is 625 g/mol. The Morgan fingerprint density at radius 1 is 1.17 bits per heavy atom. The van der Waals surface area contributed by atoms with Gasteiger partial charge in [0.25, 0.3) is 5.91 Å². The van der Waals surface area contributed by atoms with Crippen molar-refractivity contribution < 1.29 is 23.3 Å². The molecule has 2 bridgehead atoms. The molecule has 7 rings (SSSR count). The van der Waals surface area contributed by atoms with E-state index in [9.17, 15) is 13.8 Å². The average Bonchev–Trinajstić information content (AvgIpc) is 3.75. The van der Waals surface area contributed by atoms with Crippen LogP contribution in [0.15, 0.2) is 52.9 Å². The average molecular weight is 675 g/mol. The molecule has 2 aromatic carbocycles. The number of carbonyl (C=O) groups excluding carboxylic acids is 2. The van der Waals surface area contributed by atoms with Gasteiger partial charge in [-0.05, 0) is 105 Å². The molecule has 2 heterocycles. The van der Waals surface area contributed by atoms with Gasteiger partial charge in [0.15, 0.2) is 0 Å². The number of amides is 3. The van der Waals surface area contributed by atoms with Crippen LogP contribution in [0.1, 0.15) is 79.4 Å². The summed E-state index contributed by atoms with van der Waals surface area (Å²) in [4.78, 5) is 29.2. The molecule has 1 spiro atoms. The van der Waals surface area contributed by atoms with Crippen molar-refractivity contribution in [3.05, 3.63) is 70.8 Å². The number of nitrogens with one attached hydrogen (secondary N) is 2. The number of nitrogens with zero attached hydrogens (tertiary/aromatic N) is 2. The van der Waals surface area contributed by atoms with Crippen molar-refractivity contribution >= 4 is 27.5 Å². The molecule has 3 aliphatic carbocycles. The first-order chi connectivity index (χ1) is 23.0. The molecule has 258 valence electrons. The number of hydrogen-bond acceptors (Lipinski definition) is 6. The van der Waals surface area contributed by atoms with E-state index in [0.717, 1.165) is 63.1 Å². The van der Waals surface area contributed by atoms with Gasteiger partial charge in [-0.15, -0.1) is 4.36 Å². The van der Waals surface area contributed by atoms with Gasteiger partial charge in [0.05, 0.1) is 24.2 Å². The summed E-state index contributed by atoms with van der Waals surface area (Å²) in [6.07, 6.45) is 11.2. The number of aryl methyl sites for hydroxylation is 2. The van der Waals surface area contributed by atoms with Crippen molar-refractivity contribution in [2.45, 2.75) is 83.3 Å². The molecule has 0 radical (unpaired) electrons. The van der Waals surface area contributed by atoms with Crippen LogP contribution in [-0.2, 0) is 26.5 Å². The van der Waals surface area contributed by atoms with Crippen LogP contribution in [0.5, 0.6) is 5.75 Å². The van der Waals surface area contributed by atoms with Gasteiger partial charge in [0, 0.05) is 37.2 Å². The van der Waals surface area contributed by atoms with E-state index >= 15 is 0 Å². The molecule has 10 heteroatoms. The van der Waals surface area contributed by atoms with Gasteiger partial charge in [0.1, 0.15) is 15.7 Å². The Morgan fingerprint density at radius 2 is 2.00 bits per heavy atom. The summed E-state index contributed by atoms with van der Waals surface area (Å²) in [6.45, 7) is 8.34. The number of allylic oxidation sites excluding steroid dienone is 1. The molecule has 2 N–H and O–H groups in total. The normalized spacial score (nSPS) is 35.1. The number of methoxy groups -OCH3 is 1. The molecule has 0 aromatic heterocycles. The molecule has 0 saturated heterocycles. The summed E-state index contributed by atoms with van der Waals surface area (Å²) in [5, 5.41) is 2.88. The highest BCUT2D eigenvalue weighted by Gasteiger charge is 2.44. The predicted octanol–water partition coefficient (Wildman–Crippen LogP) is 6.34. The Balaban J connectivity index is 1.28. The van der Waals surface area contributed by atoms with Crippen molar-refractivity contribution in [2.75, 3.05) is 37.5 Å². The van der Waals surface area contributed by atoms with Crippen LogP contribution in [0.2, 0.25) is 0 Å². The van der Waals surface area contributed by atoms with E-state index in [1.165, 1.54) is 16.7 Å². The number of ether oxygens (including phenoxy) is 2. The summed E-state index contributed by atoms with van der Waals surface area (Å²) in [5.74, 6) is 1.29. The zero-order valence-corrected chi connectivity index (χ0v) is 29.5. The van der Waals surface area contributed by atoms with Crippen LogP contribution >= 0.6 is 0 Å². The molecule has 9 nitrogen and oxygen atoms in total. The predicted molar refractivity (Wildman–Crippen MR) is 189 cm³/mol. The van der Waals surface area contributed by atoms with Crippen LogP contribution in [-0.4, -0.2) is 60.9 Å². The van der Waals surface area contributed by atoms with Crippen molar-refractivity contribution in [1.82, 2.24) is 10.0 Å². The lowest BCUT2D eigenvalue weighted by Gasteiger charge is -2.46. The number of carbonyl (C=O) groups is 2. The minimum Gasteiger partial charge on any atom is -0.490 e. The fourth-order valence-electron chi connectivity index (χ4n) is 8.39. The maximum atomic E-state index is 14.3. The second-order valence-corrected chi connectivity index (χ2v) is 17.2. The number of anilines is 1. The van der Waals surface area contributed by atoms with Crippen LogP contribution in [0, 0.1) is 30.6 Å². The minimum absolute atomic E-state index is 0.0229. The molecule has 5 aliphatic rings. The van der Waals surface area contributed by atoms with Crippen LogP contribution in [0.25, 0.3) is 0 Å². The highest BCUT2D eigenvalue weighted by atomic mass is 32.2. The van der Waals surface area contributed by atoms with E-state index in [-0.39, 0.29) is 29.2 Å². The summed E-state index contributed by atoms with van der Waals surface area (Å²) in [5.41, 5.74) is 5.06. The van der Waals surface area contributed by atoms with Crippen molar-refractivity contribution in [3.63, 3.8) is 0 Å². The summed E-state index contributed by atoms with van der Waals surface area (Å²) >= 11 is 0. The quantitative estimate of drug-likeness (QED) is 0.368. The Morgan fingerprint density at radius 3 is 2.75 bits per heavy atom. The maximum Gasteiger partial charge on any atom is 0.327 e. The number of benzene rings is 2. The van der Waals surface area contributed by atoms with Gasteiger partial charge in [-0.1, -0.05) is 49.8 Å². The van der Waals surface area contributed by atoms with Crippen LogP contribution in [0.3, 0.4) is 0 Å². The van der Waals surface area contributed by atoms with Gasteiger partial charge in [-0.25, -0.2) is 9.00 Å². The zero-order valence-electron chi connectivity index (χ0n) is 28.7. The van der Waals surface area contributed by atoms with Crippen molar-refractivity contribution in [1.29, 1.82) is 0 Å². The van der Waals surface area contributed by atoms with E-state index in [0.29, 0.717) is 36.3 Å². The maximum absolute atomic E-state index is 14.3. The number of urea groups is 1. The van der Waals surface area contributed by atoms with Crippen LogP contribution in [0.4, 0.5) is 10.5 Å². The van der Waals surface area contributed by atoms with E-state index in [4.69, 9.17) is 9.47 Å². The number of fused-ring (bicyclic) bond motifs is 4. The van der Waals surface area contributed by atoms with E-state index in [1.807, 2.05) is 19.1 Å². The van der Waals surface area contributed by atoms with E-state index < -0.39 is 21.9 Å². The summed E-state index contributed by atoms with van der Waals surface area (Å²) in [7, 11) is -1.64. The summed E-state index contributed by atoms with van der Waals surface area (Å²) in [6, 6.07) is 11.8. The third-order valence-electron chi connectivity index (χ3n) is 11.4. The van der Waals surface area contributed by atoms with Crippen molar-refractivity contribution in [2.24, 2.45) is 28.0 Å². The monoisotopic (exact) mass is 674 g/mol. The molecule has 2 fully saturated rings. The molecule has 0 unspecified atom stereocenters. The molecule has 2 aromatic rings. The van der Waals surface area contributed by atoms with Gasteiger partial charge >= 0.3 is 6.03 Å². The molecule has 48 heavy (non-hydrogen) atoms. The summed E-state index contributed by atoms with van der Waals surface area (Å²) < 4.78 is 33.9. The Kier molecular flexibility index (Phi) is 9.08. The van der Waals surface area contributed by atoms with Gasteiger partial charge < -0.3 is 19.7 Å². The third kappa shape index (κ3) is 6.75. The molecule has 2 aliphatic heterocycles. The largest absolute Gasteiger partial charge is 0.490 e. The lowest BCUT2D eigenvalue weighted by atomic mass is 9.68. The first-order valence-electron chi connectivity index (χ1n) is 17.7. The fourth-order valence-corrected chi connectivity index (χ4v) is 10.2. The second-order valence-electron chi connectivity index (χ2n) is 15.2. The Hall–Kier alpha value is -3.37. The topological polar surface area (TPSA) is 109 Å². The SMILES string of the molecule is CO[C@H]1/C=C/C[C@H](C)C[S@@](=O)(NC(=O)N[C@H]2C[C@@H]2C)=NC(=O)c2ccc3c(c2)N(C[C@@H]2CC[C@H]21)C[C@@]1(CCCc2cc(C)ccc21)CO3. The standard InChI is InChI=1S/C38H50N4O5S/c1-24-10-14-31-27(17-24)8-6-16-38(31)22-42-20-29-11-13-30(29)34(46-4)9-5-7-25(2)21-48(45,41-37(44)39-32-18-26(32)3)40-36(43)28-12-15-35(47-23-38)33(42)19-28/h5,9-10,12,14-15,17,19,25-26,29-30,32,34H,6-8,11,13,16,18,20-23H2,1-4H3,(H2,39,40,41,43,44,45)/b9-5+/t25-,26-,29-,30+,32-,34-,38-,48-/m0/s1. The molecule has 8 atom stereocenters. The van der Waals surface area contributed by atoms with Gasteiger partial charge in [0.2, 0.25) is 0 Å². The lowest BCUT2D eigenvalue weighted by molar-refractivity contribution is 0.0131. The highest BCUT2D eigenvalue weighted by Crippen LogP contribution is 2.47. The number of rotatable bonds is 3.